The Kier molecular flexibility index (Phi) is 3.66. The molecule has 2 heterocycles. The van der Waals surface area contributed by atoms with E-state index in [0.717, 1.165) is 30.0 Å². The molecule has 0 amide bonds. The first-order valence-electron chi connectivity index (χ1n) is 7.43. The van der Waals surface area contributed by atoms with Crippen LogP contribution in [0.5, 0.6) is 0 Å². The smallest absolute Gasteiger partial charge is 0.0605 e. The molecule has 0 spiro atoms. The predicted molar refractivity (Wildman–Crippen MR) is 88.0 cm³/mol. The maximum Gasteiger partial charge on any atom is 0.0605 e. The average molecular weight is 317 g/mol. The van der Waals surface area contributed by atoms with Crippen molar-refractivity contribution in [2.75, 3.05) is 5.75 Å². The van der Waals surface area contributed by atoms with Gasteiger partial charge < -0.3 is 5.32 Å². The standard InChI is InChI=1S/C17H17ClN2S/c18-12-4-6-16-13(10-12)14(7-9-21-16)20-15-5-3-11-2-1-8-19-17(11)15/h1-2,4,6,8,10,14-15,20H,3,5,7,9H2. The highest BCUT2D eigenvalue weighted by Crippen LogP contribution is 2.40. The van der Waals surface area contributed by atoms with E-state index in [9.17, 15) is 0 Å². The number of nitrogens with one attached hydrogen (secondary N) is 1. The molecule has 4 heteroatoms. The molecule has 2 nitrogen and oxygen atoms in total. The van der Waals surface area contributed by atoms with Crippen LogP contribution < -0.4 is 5.32 Å². The van der Waals surface area contributed by atoms with Gasteiger partial charge in [-0.25, -0.2) is 0 Å². The van der Waals surface area contributed by atoms with Gasteiger partial charge in [0.2, 0.25) is 0 Å². The minimum atomic E-state index is 0.376. The first-order chi connectivity index (χ1) is 10.3. The van der Waals surface area contributed by atoms with Gasteiger partial charge in [0.15, 0.2) is 0 Å². The summed E-state index contributed by atoms with van der Waals surface area (Å²) >= 11 is 8.12. The molecule has 1 aliphatic heterocycles. The van der Waals surface area contributed by atoms with E-state index in [4.69, 9.17) is 11.6 Å². The third-order valence-corrected chi connectivity index (χ3v) is 5.73. The van der Waals surface area contributed by atoms with E-state index in [1.807, 2.05) is 30.1 Å². The van der Waals surface area contributed by atoms with Gasteiger partial charge >= 0.3 is 0 Å². The summed E-state index contributed by atoms with van der Waals surface area (Å²) in [7, 11) is 0. The van der Waals surface area contributed by atoms with Crippen LogP contribution in [-0.4, -0.2) is 10.7 Å². The molecule has 0 saturated carbocycles. The maximum absolute atomic E-state index is 6.19. The lowest BCUT2D eigenvalue weighted by Crippen LogP contribution is -2.28. The quantitative estimate of drug-likeness (QED) is 0.880. The summed E-state index contributed by atoms with van der Waals surface area (Å²) in [4.78, 5) is 5.95. The molecule has 1 aromatic carbocycles. The number of aromatic nitrogens is 1. The van der Waals surface area contributed by atoms with Crippen molar-refractivity contribution in [1.29, 1.82) is 0 Å². The van der Waals surface area contributed by atoms with Crippen molar-refractivity contribution in [3.05, 3.63) is 58.4 Å². The van der Waals surface area contributed by atoms with Gasteiger partial charge in [-0.05, 0) is 60.4 Å². The van der Waals surface area contributed by atoms with Crippen LogP contribution in [0, 0.1) is 0 Å². The Balaban J connectivity index is 1.61. The summed E-state index contributed by atoms with van der Waals surface area (Å²) in [5.74, 6) is 1.16. The third kappa shape index (κ3) is 2.59. The highest BCUT2D eigenvalue weighted by molar-refractivity contribution is 7.99. The lowest BCUT2D eigenvalue weighted by Gasteiger charge is -2.29. The first kappa shape index (κ1) is 13.6. The fourth-order valence-electron chi connectivity index (χ4n) is 3.36. The van der Waals surface area contributed by atoms with E-state index in [0.29, 0.717) is 12.1 Å². The summed E-state index contributed by atoms with van der Waals surface area (Å²) in [6.07, 6.45) is 5.33. The topological polar surface area (TPSA) is 24.9 Å². The van der Waals surface area contributed by atoms with E-state index < -0.39 is 0 Å². The Labute approximate surface area is 134 Å². The molecule has 2 aromatic rings. The fourth-order valence-corrected chi connectivity index (χ4v) is 4.64. The number of hydrogen-bond donors (Lipinski definition) is 1. The van der Waals surface area contributed by atoms with Crippen LogP contribution in [0.2, 0.25) is 5.02 Å². The van der Waals surface area contributed by atoms with Crippen molar-refractivity contribution in [3.63, 3.8) is 0 Å². The number of halogens is 1. The van der Waals surface area contributed by atoms with E-state index in [1.54, 1.807) is 0 Å². The van der Waals surface area contributed by atoms with Crippen molar-refractivity contribution in [1.82, 2.24) is 10.3 Å². The van der Waals surface area contributed by atoms with Gasteiger partial charge in [0, 0.05) is 22.2 Å². The van der Waals surface area contributed by atoms with Crippen molar-refractivity contribution in [3.8, 4) is 0 Å². The molecule has 2 unspecified atom stereocenters. The minimum Gasteiger partial charge on any atom is -0.302 e. The molecule has 1 aromatic heterocycles. The molecule has 21 heavy (non-hydrogen) atoms. The van der Waals surface area contributed by atoms with Crippen molar-refractivity contribution < 1.29 is 0 Å². The molecule has 0 saturated heterocycles. The molecule has 0 radical (unpaired) electrons. The van der Waals surface area contributed by atoms with Crippen LogP contribution in [0.3, 0.4) is 0 Å². The van der Waals surface area contributed by atoms with Crippen molar-refractivity contribution >= 4 is 23.4 Å². The maximum atomic E-state index is 6.19. The van der Waals surface area contributed by atoms with Crippen LogP contribution in [-0.2, 0) is 6.42 Å². The number of benzene rings is 1. The molecule has 108 valence electrons. The predicted octanol–water partition coefficient (Wildman–Crippen LogP) is 4.55. The van der Waals surface area contributed by atoms with E-state index in [2.05, 4.69) is 28.5 Å². The molecule has 0 bridgehead atoms. The highest BCUT2D eigenvalue weighted by atomic mass is 35.5. The Morgan fingerprint density at radius 3 is 3.10 bits per heavy atom. The second-order valence-electron chi connectivity index (χ2n) is 5.68. The zero-order valence-electron chi connectivity index (χ0n) is 11.7. The number of hydrogen-bond acceptors (Lipinski definition) is 3. The molecular formula is C17H17ClN2S. The van der Waals surface area contributed by atoms with Crippen LogP contribution in [0.4, 0.5) is 0 Å². The summed E-state index contributed by atoms with van der Waals surface area (Å²) in [6.45, 7) is 0. The number of fused-ring (bicyclic) bond motifs is 2. The van der Waals surface area contributed by atoms with Gasteiger partial charge in [-0.15, -0.1) is 11.8 Å². The van der Waals surface area contributed by atoms with Crippen molar-refractivity contribution in [2.24, 2.45) is 0 Å². The molecule has 0 fully saturated rings. The monoisotopic (exact) mass is 316 g/mol. The lowest BCUT2D eigenvalue weighted by molar-refractivity contribution is 0.422. The van der Waals surface area contributed by atoms with E-state index in [-0.39, 0.29) is 0 Å². The summed E-state index contributed by atoms with van der Waals surface area (Å²) in [5, 5.41) is 4.65. The number of aryl methyl sites for hydroxylation is 1. The first-order valence-corrected chi connectivity index (χ1v) is 8.80. The molecule has 1 aliphatic carbocycles. The van der Waals surface area contributed by atoms with E-state index in [1.165, 1.54) is 21.7 Å². The second-order valence-corrected chi connectivity index (χ2v) is 7.25. The van der Waals surface area contributed by atoms with Crippen LogP contribution in [0.15, 0.2) is 41.4 Å². The average Bonchev–Trinajstić information content (AvgIpc) is 2.91. The van der Waals surface area contributed by atoms with Gasteiger partial charge in [0.25, 0.3) is 0 Å². The zero-order valence-corrected chi connectivity index (χ0v) is 13.3. The SMILES string of the molecule is Clc1ccc2c(c1)C(NC1CCc3cccnc31)CCS2. The number of nitrogens with zero attached hydrogens (tertiary/aromatic N) is 1. The summed E-state index contributed by atoms with van der Waals surface area (Å²) < 4.78 is 0. The summed E-state index contributed by atoms with van der Waals surface area (Å²) in [6, 6.07) is 11.3. The van der Waals surface area contributed by atoms with E-state index >= 15 is 0 Å². The fraction of sp³-hybridized carbons (Fsp3) is 0.353. The Hall–Kier alpha value is -1.03. The molecule has 1 N–H and O–H groups in total. The van der Waals surface area contributed by atoms with Gasteiger partial charge in [-0.3, -0.25) is 4.98 Å². The molecule has 2 atom stereocenters. The van der Waals surface area contributed by atoms with Gasteiger partial charge in [-0.1, -0.05) is 17.7 Å². The Morgan fingerprint density at radius 2 is 2.14 bits per heavy atom. The second kappa shape index (κ2) is 5.64. The van der Waals surface area contributed by atoms with Crippen LogP contribution in [0.25, 0.3) is 0 Å². The third-order valence-electron chi connectivity index (χ3n) is 4.37. The number of pyridine rings is 1. The normalized spacial score (nSPS) is 23.7. The van der Waals surface area contributed by atoms with Gasteiger partial charge in [0.05, 0.1) is 11.7 Å². The Morgan fingerprint density at radius 1 is 1.19 bits per heavy atom. The van der Waals surface area contributed by atoms with Gasteiger partial charge in [0.1, 0.15) is 0 Å². The van der Waals surface area contributed by atoms with Crippen molar-refractivity contribution in [2.45, 2.75) is 36.2 Å². The zero-order chi connectivity index (χ0) is 14.2. The van der Waals surface area contributed by atoms with Crippen LogP contribution >= 0.6 is 23.4 Å². The lowest BCUT2D eigenvalue weighted by atomic mass is 10.0. The number of rotatable bonds is 2. The van der Waals surface area contributed by atoms with Gasteiger partial charge in [-0.2, -0.15) is 0 Å². The summed E-state index contributed by atoms with van der Waals surface area (Å²) in [5.41, 5.74) is 3.98. The number of thioether (sulfide) groups is 1. The minimum absolute atomic E-state index is 0.376. The van der Waals surface area contributed by atoms with Crippen LogP contribution in [0.1, 0.15) is 41.7 Å². The Bertz CT molecular complexity index is 674. The molecular weight excluding hydrogens is 300 g/mol. The highest BCUT2D eigenvalue weighted by Gasteiger charge is 2.28. The molecule has 4 rings (SSSR count). The molecule has 2 aliphatic rings. The largest absolute Gasteiger partial charge is 0.302 e.